The summed E-state index contributed by atoms with van der Waals surface area (Å²) in [7, 11) is 0. The van der Waals surface area contributed by atoms with E-state index < -0.39 is 17.9 Å². The first-order valence-electron chi connectivity index (χ1n) is 5.12. The Morgan fingerprint density at radius 1 is 1.59 bits per heavy atom. The number of carbonyl (C=O) groups is 1. The van der Waals surface area contributed by atoms with Crippen molar-refractivity contribution < 1.29 is 19.0 Å². The largest absolute Gasteiger partial charge is 0.479 e. The van der Waals surface area contributed by atoms with Gasteiger partial charge in [-0.3, -0.25) is 0 Å². The summed E-state index contributed by atoms with van der Waals surface area (Å²) >= 11 is 5.68. The summed E-state index contributed by atoms with van der Waals surface area (Å²) in [6.45, 7) is 1.12. The Labute approximate surface area is 103 Å². The third kappa shape index (κ3) is 2.68. The number of halogens is 2. The molecule has 0 amide bonds. The molecule has 1 aromatic rings. The maximum Gasteiger partial charge on any atom is 0.334 e. The fourth-order valence-electron chi connectivity index (χ4n) is 1.71. The standard InChI is InChI=1S/C11H11ClFNO3/c12-8-5-7(1-2-9(8)13)14-3-4-17-10(6-14)11(15)16/h1-2,5,10H,3-4,6H2,(H,15,16). The van der Waals surface area contributed by atoms with Crippen LogP contribution in [0.15, 0.2) is 18.2 Å². The van der Waals surface area contributed by atoms with Crippen molar-refractivity contribution >= 4 is 23.3 Å². The lowest BCUT2D eigenvalue weighted by Gasteiger charge is -2.32. The van der Waals surface area contributed by atoms with Crippen LogP contribution in [0.4, 0.5) is 10.1 Å². The van der Waals surface area contributed by atoms with Crippen molar-refractivity contribution in [2.45, 2.75) is 6.10 Å². The number of morpholine rings is 1. The van der Waals surface area contributed by atoms with E-state index in [1.165, 1.54) is 12.1 Å². The van der Waals surface area contributed by atoms with Crippen LogP contribution < -0.4 is 4.90 Å². The number of benzene rings is 1. The molecule has 4 nitrogen and oxygen atoms in total. The number of hydrogen-bond donors (Lipinski definition) is 1. The Kier molecular flexibility index (Phi) is 3.49. The first-order chi connectivity index (χ1) is 8.08. The molecular weight excluding hydrogens is 249 g/mol. The smallest absolute Gasteiger partial charge is 0.334 e. The third-order valence-corrected chi connectivity index (χ3v) is 2.90. The van der Waals surface area contributed by atoms with Crippen molar-refractivity contribution in [3.05, 3.63) is 29.0 Å². The second kappa shape index (κ2) is 4.89. The molecule has 1 atom stereocenters. The van der Waals surface area contributed by atoms with Gasteiger partial charge in [0.05, 0.1) is 18.2 Å². The summed E-state index contributed by atoms with van der Waals surface area (Å²) in [5.41, 5.74) is 0.700. The molecule has 0 aliphatic carbocycles. The van der Waals surface area contributed by atoms with E-state index in [2.05, 4.69) is 0 Å². The number of ether oxygens (including phenoxy) is 1. The van der Waals surface area contributed by atoms with Crippen molar-refractivity contribution in [1.29, 1.82) is 0 Å². The number of nitrogens with zero attached hydrogens (tertiary/aromatic N) is 1. The predicted octanol–water partition coefficient (Wildman–Crippen LogP) is 1.77. The van der Waals surface area contributed by atoms with E-state index in [4.69, 9.17) is 21.4 Å². The minimum atomic E-state index is -0.997. The van der Waals surface area contributed by atoms with Gasteiger partial charge in [0, 0.05) is 12.2 Å². The van der Waals surface area contributed by atoms with Crippen LogP contribution in [0.5, 0.6) is 0 Å². The zero-order valence-electron chi connectivity index (χ0n) is 8.90. The van der Waals surface area contributed by atoms with Crippen LogP contribution in [-0.2, 0) is 9.53 Å². The van der Waals surface area contributed by atoms with Gasteiger partial charge in [0.1, 0.15) is 5.82 Å². The quantitative estimate of drug-likeness (QED) is 0.879. The molecule has 6 heteroatoms. The normalized spacial score (nSPS) is 20.4. The second-order valence-electron chi connectivity index (χ2n) is 3.74. The molecule has 0 aromatic heterocycles. The molecule has 0 saturated carbocycles. The van der Waals surface area contributed by atoms with Crippen LogP contribution in [0.1, 0.15) is 0 Å². The fraction of sp³-hybridized carbons (Fsp3) is 0.364. The van der Waals surface area contributed by atoms with Crippen LogP contribution in [0, 0.1) is 5.82 Å². The molecular formula is C11H11ClFNO3. The lowest BCUT2D eigenvalue weighted by molar-refractivity contribution is -0.150. The Morgan fingerprint density at radius 2 is 2.35 bits per heavy atom. The summed E-state index contributed by atoms with van der Waals surface area (Å²) in [5, 5.41) is 8.89. The molecule has 0 spiro atoms. The van der Waals surface area contributed by atoms with Crippen LogP contribution >= 0.6 is 11.6 Å². The molecule has 1 saturated heterocycles. The zero-order chi connectivity index (χ0) is 12.4. The molecule has 17 heavy (non-hydrogen) atoms. The molecule has 0 bridgehead atoms. The Morgan fingerprint density at radius 3 is 3.00 bits per heavy atom. The van der Waals surface area contributed by atoms with E-state index in [1.54, 1.807) is 6.07 Å². The zero-order valence-corrected chi connectivity index (χ0v) is 9.65. The van der Waals surface area contributed by atoms with E-state index in [9.17, 15) is 9.18 Å². The van der Waals surface area contributed by atoms with Gasteiger partial charge in [0.2, 0.25) is 0 Å². The highest BCUT2D eigenvalue weighted by atomic mass is 35.5. The van der Waals surface area contributed by atoms with Crippen LogP contribution in [-0.4, -0.2) is 36.9 Å². The predicted molar refractivity (Wildman–Crippen MR) is 61.0 cm³/mol. The molecule has 1 heterocycles. The monoisotopic (exact) mass is 259 g/mol. The maximum atomic E-state index is 13.0. The van der Waals surface area contributed by atoms with Crippen molar-refractivity contribution in [3.63, 3.8) is 0 Å². The number of rotatable bonds is 2. The first kappa shape index (κ1) is 12.1. The highest BCUT2D eigenvalue weighted by Gasteiger charge is 2.26. The minimum Gasteiger partial charge on any atom is -0.479 e. The molecule has 1 aromatic carbocycles. The highest BCUT2D eigenvalue weighted by molar-refractivity contribution is 6.31. The van der Waals surface area contributed by atoms with E-state index in [1.807, 2.05) is 4.90 Å². The average Bonchev–Trinajstić information content (AvgIpc) is 2.33. The number of carboxylic acid groups (broad SMARTS) is 1. The summed E-state index contributed by atoms with van der Waals surface area (Å²) in [6.07, 6.45) is -0.854. The average molecular weight is 260 g/mol. The number of anilines is 1. The topological polar surface area (TPSA) is 49.8 Å². The summed E-state index contributed by atoms with van der Waals surface area (Å²) in [6, 6.07) is 4.33. The SMILES string of the molecule is O=C(O)C1CN(c2ccc(F)c(Cl)c2)CCO1. The van der Waals surface area contributed by atoms with Gasteiger partial charge < -0.3 is 14.7 Å². The molecule has 1 fully saturated rings. The van der Waals surface area contributed by atoms with Crippen molar-refractivity contribution in [1.82, 2.24) is 0 Å². The van der Waals surface area contributed by atoms with Crippen molar-refractivity contribution in [3.8, 4) is 0 Å². The lowest BCUT2D eigenvalue weighted by Crippen LogP contribution is -2.46. The van der Waals surface area contributed by atoms with Gasteiger partial charge in [-0.2, -0.15) is 0 Å². The number of carboxylic acids is 1. The fourth-order valence-corrected chi connectivity index (χ4v) is 1.89. The Hall–Kier alpha value is -1.33. The van der Waals surface area contributed by atoms with Crippen LogP contribution in [0.2, 0.25) is 5.02 Å². The van der Waals surface area contributed by atoms with Gasteiger partial charge in [-0.25, -0.2) is 9.18 Å². The van der Waals surface area contributed by atoms with Crippen molar-refractivity contribution in [2.24, 2.45) is 0 Å². The lowest BCUT2D eigenvalue weighted by atomic mass is 10.2. The number of aliphatic carboxylic acids is 1. The Bertz CT molecular complexity index is 441. The molecule has 1 aliphatic rings. The van der Waals surface area contributed by atoms with E-state index in [0.29, 0.717) is 18.8 Å². The van der Waals surface area contributed by atoms with Gasteiger partial charge in [-0.05, 0) is 18.2 Å². The second-order valence-corrected chi connectivity index (χ2v) is 4.15. The summed E-state index contributed by atoms with van der Waals surface area (Å²) in [5.74, 6) is -1.48. The van der Waals surface area contributed by atoms with E-state index >= 15 is 0 Å². The Balaban J connectivity index is 2.16. The van der Waals surface area contributed by atoms with E-state index in [0.717, 1.165) is 0 Å². The van der Waals surface area contributed by atoms with Gasteiger partial charge >= 0.3 is 5.97 Å². The van der Waals surface area contributed by atoms with Crippen molar-refractivity contribution in [2.75, 3.05) is 24.6 Å². The van der Waals surface area contributed by atoms with Gasteiger partial charge in [0.15, 0.2) is 6.10 Å². The molecule has 92 valence electrons. The van der Waals surface area contributed by atoms with E-state index in [-0.39, 0.29) is 11.6 Å². The van der Waals surface area contributed by atoms with Gasteiger partial charge in [0.25, 0.3) is 0 Å². The highest BCUT2D eigenvalue weighted by Crippen LogP contribution is 2.24. The third-order valence-electron chi connectivity index (χ3n) is 2.61. The molecule has 0 radical (unpaired) electrons. The molecule has 2 rings (SSSR count). The molecule has 1 aliphatic heterocycles. The molecule has 1 N–H and O–H groups in total. The summed E-state index contributed by atoms with van der Waals surface area (Å²) < 4.78 is 18.1. The maximum absolute atomic E-state index is 13.0. The van der Waals surface area contributed by atoms with Gasteiger partial charge in [-0.15, -0.1) is 0 Å². The summed E-state index contributed by atoms with van der Waals surface area (Å²) in [4.78, 5) is 12.6. The van der Waals surface area contributed by atoms with Crippen LogP contribution in [0.3, 0.4) is 0 Å². The first-order valence-corrected chi connectivity index (χ1v) is 5.50. The minimum absolute atomic E-state index is 0.0286. The van der Waals surface area contributed by atoms with Crippen LogP contribution in [0.25, 0.3) is 0 Å². The number of hydrogen-bond acceptors (Lipinski definition) is 3. The van der Waals surface area contributed by atoms with Gasteiger partial charge in [-0.1, -0.05) is 11.6 Å². The molecule has 1 unspecified atom stereocenters.